The van der Waals surface area contributed by atoms with Gasteiger partial charge in [0.15, 0.2) is 11.9 Å². The number of hydrogen-bond donors (Lipinski definition) is 0. The van der Waals surface area contributed by atoms with E-state index in [4.69, 9.17) is 19.0 Å². The molecule has 4 rings (SSSR count). The minimum atomic E-state index is -1.20. The van der Waals surface area contributed by atoms with E-state index < -0.39 is 23.8 Å². The Morgan fingerprint density at radius 2 is 1.65 bits per heavy atom. The largest absolute Gasteiger partial charge is 0.480 e. The summed E-state index contributed by atoms with van der Waals surface area (Å²) in [6.45, 7) is 0.195. The molecule has 2 aliphatic rings. The lowest BCUT2D eigenvalue weighted by molar-refractivity contribution is -0.154. The molecular formula is C23H19NO7. The summed E-state index contributed by atoms with van der Waals surface area (Å²) in [5.41, 5.74) is 1.08. The van der Waals surface area contributed by atoms with E-state index >= 15 is 0 Å². The van der Waals surface area contributed by atoms with Crippen molar-refractivity contribution in [1.82, 2.24) is 5.06 Å². The molecule has 31 heavy (non-hydrogen) atoms. The molecule has 1 atom stereocenters. The smallest absolute Gasteiger partial charge is 0.377 e. The van der Waals surface area contributed by atoms with E-state index in [1.54, 1.807) is 24.3 Å². The molecule has 8 nitrogen and oxygen atoms in total. The molecule has 158 valence electrons. The Morgan fingerprint density at radius 3 is 2.35 bits per heavy atom. The number of rotatable bonds is 4. The Labute approximate surface area is 178 Å². The normalized spacial score (nSPS) is 17.4. The molecule has 8 heteroatoms. The second-order valence-electron chi connectivity index (χ2n) is 6.79. The van der Waals surface area contributed by atoms with E-state index in [-0.39, 0.29) is 29.2 Å². The first kappa shape index (κ1) is 20.2. The molecule has 0 fully saturated rings. The predicted octanol–water partition coefficient (Wildman–Crippen LogP) is 2.56. The summed E-state index contributed by atoms with van der Waals surface area (Å²) in [6.07, 6.45) is 0.235. The van der Waals surface area contributed by atoms with E-state index in [0.29, 0.717) is 5.56 Å². The van der Waals surface area contributed by atoms with Crippen molar-refractivity contribution in [2.75, 3.05) is 14.2 Å². The van der Waals surface area contributed by atoms with Crippen LogP contribution in [0.25, 0.3) is 0 Å². The summed E-state index contributed by atoms with van der Waals surface area (Å²) in [5.74, 6) is -2.24. The molecule has 2 heterocycles. The number of carbonyl (C=O) groups is 3. The zero-order chi connectivity index (χ0) is 22.0. The van der Waals surface area contributed by atoms with Crippen LogP contribution in [0, 0.1) is 0 Å². The molecule has 0 bridgehead atoms. The van der Waals surface area contributed by atoms with Crippen LogP contribution in [0.3, 0.4) is 0 Å². The molecule has 0 aliphatic carbocycles. The van der Waals surface area contributed by atoms with Gasteiger partial charge in [0.1, 0.15) is 11.3 Å². The number of nitrogens with zero attached hydrogens (tertiary/aromatic N) is 1. The van der Waals surface area contributed by atoms with Gasteiger partial charge in [0.25, 0.3) is 5.76 Å². The summed E-state index contributed by atoms with van der Waals surface area (Å²) in [6, 6.07) is 16.0. The van der Waals surface area contributed by atoms with Gasteiger partial charge in [0.2, 0.25) is 0 Å². The van der Waals surface area contributed by atoms with Crippen molar-refractivity contribution >= 4 is 17.7 Å². The molecule has 0 aromatic heterocycles. The fourth-order valence-corrected chi connectivity index (χ4v) is 3.42. The number of benzene rings is 2. The van der Waals surface area contributed by atoms with Crippen LogP contribution in [0.4, 0.5) is 0 Å². The first-order valence-electron chi connectivity index (χ1n) is 9.45. The van der Waals surface area contributed by atoms with Gasteiger partial charge in [-0.05, 0) is 17.7 Å². The molecule has 0 amide bonds. The maximum atomic E-state index is 13.3. The van der Waals surface area contributed by atoms with Crippen molar-refractivity contribution in [3.63, 3.8) is 0 Å². The Kier molecular flexibility index (Phi) is 5.44. The third-order valence-corrected chi connectivity index (χ3v) is 4.88. The molecule has 1 unspecified atom stereocenters. The fraction of sp³-hybridized carbons (Fsp3) is 0.174. The van der Waals surface area contributed by atoms with Crippen LogP contribution < -0.4 is 4.74 Å². The van der Waals surface area contributed by atoms with Gasteiger partial charge in [-0.1, -0.05) is 42.5 Å². The van der Waals surface area contributed by atoms with E-state index in [0.717, 1.165) is 12.7 Å². The highest BCUT2D eigenvalue weighted by Crippen LogP contribution is 2.37. The minimum absolute atomic E-state index is 0.133. The highest BCUT2D eigenvalue weighted by Gasteiger charge is 2.44. The van der Waals surface area contributed by atoms with Crippen LogP contribution in [0.1, 0.15) is 15.9 Å². The third kappa shape index (κ3) is 3.75. The van der Waals surface area contributed by atoms with Crippen molar-refractivity contribution in [2.24, 2.45) is 0 Å². The maximum Gasteiger partial charge on any atom is 0.377 e. The van der Waals surface area contributed by atoms with Crippen molar-refractivity contribution < 1.29 is 33.4 Å². The zero-order valence-corrected chi connectivity index (χ0v) is 16.9. The topological polar surface area (TPSA) is 91.4 Å². The predicted molar refractivity (Wildman–Crippen MR) is 107 cm³/mol. The first-order chi connectivity index (χ1) is 15.0. The maximum absolute atomic E-state index is 13.3. The minimum Gasteiger partial charge on any atom is -0.480 e. The number of ether oxygens (including phenoxy) is 3. The molecule has 0 saturated carbocycles. The van der Waals surface area contributed by atoms with Crippen LogP contribution >= 0.6 is 0 Å². The molecule has 0 saturated heterocycles. The number of Topliss-reactive ketones (excluding diaryl/α,β-unsaturated/α-hetero) is 1. The standard InChI is InChI=1S/C23H19NO7/c1-28-22(26)18-20-16(19(25)15-10-6-7-11-17(15)30-20)13-24(31-21(18)23(27)29-2)12-14-8-4-3-5-9-14/h3-11,13,20H,12H2,1-2H3. The van der Waals surface area contributed by atoms with Gasteiger partial charge in [-0.3, -0.25) is 4.79 Å². The van der Waals surface area contributed by atoms with E-state index in [1.165, 1.54) is 18.4 Å². The monoisotopic (exact) mass is 421 g/mol. The SMILES string of the molecule is COC(=O)C1=C(C(=O)OC)C2Oc3ccccc3C(=O)C2=CN(Cc2ccccc2)O1. The Balaban J connectivity index is 1.89. The molecule has 2 aliphatic heterocycles. The van der Waals surface area contributed by atoms with Crippen molar-refractivity contribution in [3.05, 3.63) is 88.8 Å². The second kappa shape index (κ2) is 8.35. The lowest BCUT2D eigenvalue weighted by Gasteiger charge is -2.27. The Morgan fingerprint density at radius 1 is 0.968 bits per heavy atom. The number of hydrogen-bond acceptors (Lipinski definition) is 8. The third-order valence-electron chi connectivity index (χ3n) is 4.88. The number of carbonyl (C=O) groups excluding carboxylic acids is 3. The quantitative estimate of drug-likeness (QED) is 0.696. The molecule has 0 radical (unpaired) electrons. The van der Waals surface area contributed by atoms with Gasteiger partial charge in [-0.25, -0.2) is 14.7 Å². The van der Waals surface area contributed by atoms with Crippen molar-refractivity contribution in [2.45, 2.75) is 12.6 Å². The van der Waals surface area contributed by atoms with Gasteiger partial charge in [0.05, 0.1) is 38.1 Å². The number of methoxy groups -OCH3 is 2. The van der Waals surface area contributed by atoms with Crippen LogP contribution in [0.2, 0.25) is 0 Å². The van der Waals surface area contributed by atoms with E-state index in [1.807, 2.05) is 30.3 Å². The lowest BCUT2D eigenvalue weighted by Crippen LogP contribution is -2.36. The molecule has 0 N–H and O–H groups in total. The van der Waals surface area contributed by atoms with Gasteiger partial charge >= 0.3 is 11.9 Å². The zero-order valence-electron chi connectivity index (χ0n) is 16.9. The average molecular weight is 421 g/mol. The van der Waals surface area contributed by atoms with Crippen LogP contribution in [0.15, 0.2) is 77.7 Å². The van der Waals surface area contributed by atoms with Crippen molar-refractivity contribution in [1.29, 1.82) is 0 Å². The number of hydroxylamine groups is 2. The average Bonchev–Trinajstić information content (AvgIpc) is 2.96. The Bertz CT molecular complexity index is 1100. The summed E-state index contributed by atoms with van der Waals surface area (Å²) < 4.78 is 15.7. The van der Waals surface area contributed by atoms with E-state index in [9.17, 15) is 14.4 Å². The second-order valence-corrected chi connectivity index (χ2v) is 6.79. The van der Waals surface area contributed by atoms with Gasteiger partial charge in [-0.2, -0.15) is 0 Å². The number of esters is 2. The van der Waals surface area contributed by atoms with Gasteiger partial charge < -0.3 is 19.0 Å². The summed E-state index contributed by atoms with van der Waals surface area (Å²) in [5, 5.41) is 1.30. The number of ketones is 1. The van der Waals surface area contributed by atoms with Crippen LogP contribution in [-0.2, 0) is 30.4 Å². The highest BCUT2D eigenvalue weighted by atomic mass is 16.7. The molecule has 2 aromatic rings. The molecular weight excluding hydrogens is 402 g/mol. The summed E-state index contributed by atoms with van der Waals surface area (Å²) in [7, 11) is 2.33. The van der Waals surface area contributed by atoms with Gasteiger partial charge in [0, 0.05) is 0 Å². The number of fused-ring (bicyclic) bond motifs is 2. The lowest BCUT2D eigenvalue weighted by atomic mass is 9.91. The van der Waals surface area contributed by atoms with Gasteiger partial charge in [-0.15, -0.1) is 0 Å². The summed E-state index contributed by atoms with van der Waals surface area (Å²) in [4.78, 5) is 44.3. The van der Waals surface area contributed by atoms with E-state index in [2.05, 4.69) is 0 Å². The fourth-order valence-electron chi connectivity index (χ4n) is 3.42. The number of para-hydroxylation sites is 1. The Hall–Kier alpha value is -4.07. The molecule has 0 spiro atoms. The summed E-state index contributed by atoms with van der Waals surface area (Å²) >= 11 is 0. The van der Waals surface area contributed by atoms with Crippen molar-refractivity contribution in [3.8, 4) is 5.75 Å². The first-order valence-corrected chi connectivity index (χ1v) is 9.45. The van der Waals surface area contributed by atoms with Crippen LogP contribution in [0.5, 0.6) is 5.75 Å². The molecule has 2 aromatic carbocycles. The highest BCUT2D eigenvalue weighted by molar-refractivity contribution is 6.14. The van der Waals surface area contributed by atoms with Crippen LogP contribution in [-0.4, -0.2) is 43.1 Å².